The molecule has 0 spiro atoms. The van der Waals surface area contributed by atoms with Gasteiger partial charge in [-0.15, -0.1) is 0 Å². The van der Waals surface area contributed by atoms with Crippen molar-refractivity contribution in [2.75, 3.05) is 13.1 Å². The van der Waals surface area contributed by atoms with Gasteiger partial charge in [-0.25, -0.2) is 0 Å². The van der Waals surface area contributed by atoms with Gasteiger partial charge in [-0.2, -0.15) is 0 Å². The van der Waals surface area contributed by atoms with Gasteiger partial charge < -0.3 is 14.6 Å². The third-order valence-electron chi connectivity index (χ3n) is 3.90. The summed E-state index contributed by atoms with van der Waals surface area (Å²) in [7, 11) is 0. The van der Waals surface area contributed by atoms with Gasteiger partial charge in [-0.3, -0.25) is 4.79 Å². The molecule has 1 fully saturated rings. The summed E-state index contributed by atoms with van der Waals surface area (Å²) in [6.45, 7) is 3.38. The molecule has 0 radical (unpaired) electrons. The molecule has 1 aliphatic heterocycles. The number of rotatable bonds is 3. The van der Waals surface area contributed by atoms with E-state index >= 15 is 0 Å². The number of aromatic nitrogens is 1. The van der Waals surface area contributed by atoms with Crippen molar-refractivity contribution < 1.29 is 9.53 Å². The minimum atomic E-state index is 0.0735. The number of H-pyrrole nitrogens is 1. The molecule has 2 aromatic rings. The number of hydrogen-bond acceptors (Lipinski definition) is 2. The lowest BCUT2D eigenvalue weighted by Gasteiger charge is -2.33. The van der Waals surface area contributed by atoms with E-state index in [1.807, 2.05) is 54.4 Å². The average Bonchev–Trinajstić information content (AvgIpc) is 2.94. The zero-order chi connectivity index (χ0) is 14.7. The molecule has 1 N–H and O–H groups in total. The molecule has 21 heavy (non-hydrogen) atoms. The molecule has 1 aromatic carbocycles. The van der Waals surface area contributed by atoms with Crippen LogP contribution >= 0.6 is 0 Å². The molecule has 1 aliphatic rings. The van der Waals surface area contributed by atoms with Gasteiger partial charge in [0.1, 0.15) is 11.9 Å². The molecule has 110 valence electrons. The quantitative estimate of drug-likeness (QED) is 0.941. The van der Waals surface area contributed by atoms with Gasteiger partial charge in [0.2, 0.25) is 0 Å². The first-order chi connectivity index (χ1) is 10.2. The number of para-hydroxylation sites is 1. The largest absolute Gasteiger partial charge is 0.489 e. The van der Waals surface area contributed by atoms with Crippen LogP contribution in [0.1, 0.15) is 28.9 Å². The molecule has 1 saturated heterocycles. The summed E-state index contributed by atoms with van der Waals surface area (Å²) in [5.41, 5.74) is 1.68. The van der Waals surface area contributed by atoms with Crippen molar-refractivity contribution in [1.29, 1.82) is 0 Å². The molecule has 1 aromatic heterocycles. The Morgan fingerprint density at radius 1 is 1.29 bits per heavy atom. The van der Waals surface area contributed by atoms with Gasteiger partial charge >= 0.3 is 0 Å². The summed E-state index contributed by atoms with van der Waals surface area (Å²) in [6, 6.07) is 11.7. The molecular weight excluding hydrogens is 264 g/mol. The first kappa shape index (κ1) is 13.7. The number of piperidine rings is 1. The average molecular weight is 284 g/mol. The van der Waals surface area contributed by atoms with Gasteiger partial charge in [0.15, 0.2) is 0 Å². The van der Waals surface area contributed by atoms with Crippen LogP contribution in [0.5, 0.6) is 5.75 Å². The molecule has 0 unspecified atom stereocenters. The van der Waals surface area contributed by atoms with E-state index < -0.39 is 0 Å². The second-order valence-electron chi connectivity index (χ2n) is 5.46. The summed E-state index contributed by atoms with van der Waals surface area (Å²) in [5.74, 6) is 0.963. The van der Waals surface area contributed by atoms with Crippen molar-refractivity contribution in [1.82, 2.24) is 9.88 Å². The Hall–Kier alpha value is -2.23. The number of aryl methyl sites for hydroxylation is 1. The van der Waals surface area contributed by atoms with Crippen LogP contribution < -0.4 is 4.74 Å². The number of carbonyl (C=O) groups is 1. The number of benzene rings is 1. The Labute approximate surface area is 124 Å². The highest BCUT2D eigenvalue weighted by Crippen LogP contribution is 2.20. The lowest BCUT2D eigenvalue weighted by molar-refractivity contribution is 0.0537. The van der Waals surface area contributed by atoms with Crippen LogP contribution in [0.2, 0.25) is 0 Å². The van der Waals surface area contributed by atoms with Crippen molar-refractivity contribution in [2.24, 2.45) is 0 Å². The number of nitrogens with zero attached hydrogens (tertiary/aromatic N) is 1. The van der Waals surface area contributed by atoms with E-state index in [2.05, 4.69) is 4.98 Å². The summed E-state index contributed by atoms with van der Waals surface area (Å²) in [4.78, 5) is 17.5. The summed E-state index contributed by atoms with van der Waals surface area (Å²) in [6.07, 6.45) is 3.85. The second-order valence-corrected chi connectivity index (χ2v) is 5.46. The molecule has 0 saturated carbocycles. The van der Waals surface area contributed by atoms with Gasteiger partial charge in [0.05, 0.1) is 12.1 Å². The highest BCUT2D eigenvalue weighted by molar-refractivity contribution is 5.95. The number of nitrogens with one attached hydrogen (secondary N) is 1. The lowest BCUT2D eigenvalue weighted by atomic mass is 10.1. The Bertz CT molecular complexity index is 606. The summed E-state index contributed by atoms with van der Waals surface area (Å²) >= 11 is 0. The maximum atomic E-state index is 12.5. The standard InChI is InChI=1S/C17H20N2O2/c1-13-16(9-10-18-13)17(20)19-11-5-8-15(12-19)21-14-6-3-2-4-7-14/h2-4,6-7,9-10,15,18H,5,8,11-12H2,1H3/t15-/m0/s1. The Morgan fingerprint density at radius 3 is 2.81 bits per heavy atom. The SMILES string of the molecule is Cc1[nH]ccc1C(=O)N1CCC[C@H](Oc2ccccc2)C1. The second kappa shape index (κ2) is 6.04. The third-order valence-corrected chi connectivity index (χ3v) is 3.90. The summed E-state index contributed by atoms with van der Waals surface area (Å²) in [5, 5.41) is 0. The highest BCUT2D eigenvalue weighted by atomic mass is 16.5. The van der Waals surface area contributed by atoms with Crippen LogP contribution in [0.4, 0.5) is 0 Å². The smallest absolute Gasteiger partial charge is 0.255 e. The van der Waals surface area contributed by atoms with Crippen LogP contribution in [0.15, 0.2) is 42.6 Å². The van der Waals surface area contributed by atoms with E-state index in [0.29, 0.717) is 6.54 Å². The van der Waals surface area contributed by atoms with Crippen molar-refractivity contribution in [2.45, 2.75) is 25.9 Å². The van der Waals surface area contributed by atoms with Gasteiger partial charge in [0, 0.05) is 18.4 Å². The van der Waals surface area contributed by atoms with E-state index in [4.69, 9.17) is 4.74 Å². The molecule has 0 bridgehead atoms. The predicted molar refractivity (Wildman–Crippen MR) is 81.5 cm³/mol. The lowest BCUT2D eigenvalue weighted by Crippen LogP contribution is -2.44. The van der Waals surface area contributed by atoms with Crippen molar-refractivity contribution in [3.63, 3.8) is 0 Å². The Kier molecular flexibility index (Phi) is 3.95. The third kappa shape index (κ3) is 3.10. The molecule has 0 aliphatic carbocycles. The highest BCUT2D eigenvalue weighted by Gasteiger charge is 2.26. The van der Waals surface area contributed by atoms with Crippen LogP contribution in [-0.4, -0.2) is 35.0 Å². The normalized spacial score (nSPS) is 18.5. The number of aromatic amines is 1. The predicted octanol–water partition coefficient (Wildman–Crippen LogP) is 3.01. The fourth-order valence-corrected chi connectivity index (χ4v) is 2.77. The zero-order valence-electron chi connectivity index (χ0n) is 12.2. The van der Waals surface area contributed by atoms with E-state index in [1.165, 1.54) is 0 Å². The molecule has 4 heteroatoms. The number of ether oxygens (including phenoxy) is 1. The minimum absolute atomic E-state index is 0.0735. The van der Waals surface area contributed by atoms with Crippen molar-refractivity contribution in [3.05, 3.63) is 53.9 Å². The fourth-order valence-electron chi connectivity index (χ4n) is 2.77. The van der Waals surface area contributed by atoms with Crippen molar-refractivity contribution in [3.8, 4) is 5.75 Å². The van der Waals surface area contributed by atoms with Crippen LogP contribution in [0.3, 0.4) is 0 Å². The van der Waals surface area contributed by atoms with Crippen LogP contribution in [0.25, 0.3) is 0 Å². The van der Waals surface area contributed by atoms with Crippen LogP contribution in [-0.2, 0) is 0 Å². The topological polar surface area (TPSA) is 45.3 Å². The monoisotopic (exact) mass is 284 g/mol. The number of amides is 1. The molecule has 3 rings (SSSR count). The Balaban J connectivity index is 1.66. The van der Waals surface area contributed by atoms with Gasteiger partial charge in [-0.1, -0.05) is 18.2 Å². The first-order valence-electron chi connectivity index (χ1n) is 7.39. The molecule has 2 heterocycles. The van der Waals surface area contributed by atoms with E-state index in [0.717, 1.165) is 36.4 Å². The van der Waals surface area contributed by atoms with E-state index in [9.17, 15) is 4.79 Å². The first-order valence-corrected chi connectivity index (χ1v) is 7.39. The molecule has 1 amide bonds. The molecule has 4 nitrogen and oxygen atoms in total. The van der Waals surface area contributed by atoms with Gasteiger partial charge in [-0.05, 0) is 38.0 Å². The minimum Gasteiger partial charge on any atom is -0.489 e. The summed E-state index contributed by atoms with van der Waals surface area (Å²) < 4.78 is 5.98. The molecule has 1 atom stereocenters. The molecular formula is C17H20N2O2. The zero-order valence-corrected chi connectivity index (χ0v) is 12.2. The Morgan fingerprint density at radius 2 is 2.10 bits per heavy atom. The maximum Gasteiger partial charge on any atom is 0.255 e. The maximum absolute atomic E-state index is 12.5. The van der Waals surface area contributed by atoms with Gasteiger partial charge in [0.25, 0.3) is 5.91 Å². The number of likely N-dealkylation sites (tertiary alicyclic amines) is 1. The van der Waals surface area contributed by atoms with E-state index in [1.54, 1.807) is 0 Å². The fraction of sp³-hybridized carbons (Fsp3) is 0.353. The number of carbonyl (C=O) groups excluding carboxylic acids is 1. The van der Waals surface area contributed by atoms with Crippen LogP contribution in [0, 0.1) is 6.92 Å². The van der Waals surface area contributed by atoms with E-state index in [-0.39, 0.29) is 12.0 Å². The van der Waals surface area contributed by atoms with Crippen molar-refractivity contribution >= 4 is 5.91 Å². The number of hydrogen-bond donors (Lipinski definition) is 1.